The van der Waals surface area contributed by atoms with E-state index >= 15 is 0 Å². The summed E-state index contributed by atoms with van der Waals surface area (Å²) in [7, 11) is 0. The Balaban J connectivity index is 4.22. The summed E-state index contributed by atoms with van der Waals surface area (Å²) in [4.78, 5) is 37.7. The van der Waals surface area contributed by atoms with Crippen molar-refractivity contribution < 1.29 is 28.6 Å². The molecule has 0 heterocycles. The molecule has 0 unspecified atom stereocenters. The van der Waals surface area contributed by atoms with Gasteiger partial charge in [-0.15, -0.1) is 0 Å². The Kier molecular flexibility index (Phi) is 43.8. The van der Waals surface area contributed by atoms with Gasteiger partial charge >= 0.3 is 17.9 Å². The summed E-state index contributed by atoms with van der Waals surface area (Å²) in [5, 5.41) is 0. The van der Waals surface area contributed by atoms with Gasteiger partial charge in [-0.3, -0.25) is 14.4 Å². The van der Waals surface area contributed by atoms with Gasteiger partial charge in [0.25, 0.3) is 0 Å². The van der Waals surface area contributed by atoms with E-state index in [1.165, 1.54) is 180 Å². The highest BCUT2D eigenvalue weighted by Gasteiger charge is 2.19. The van der Waals surface area contributed by atoms with E-state index in [1.807, 2.05) is 0 Å². The zero-order valence-electron chi connectivity index (χ0n) is 37.2. The van der Waals surface area contributed by atoms with E-state index in [4.69, 9.17) is 14.2 Å². The van der Waals surface area contributed by atoms with Crippen molar-refractivity contribution in [3.63, 3.8) is 0 Å². The van der Waals surface area contributed by atoms with E-state index in [2.05, 4.69) is 20.8 Å². The van der Waals surface area contributed by atoms with Crippen LogP contribution in [0.25, 0.3) is 0 Å². The number of carbonyl (C=O) groups excluding carboxylic acids is 3. The van der Waals surface area contributed by atoms with Gasteiger partial charge < -0.3 is 14.2 Å². The van der Waals surface area contributed by atoms with Crippen molar-refractivity contribution >= 4 is 17.9 Å². The average Bonchev–Trinajstić information content (AvgIpc) is 3.18. The molecule has 0 aromatic rings. The Morgan fingerprint density at radius 1 is 0.291 bits per heavy atom. The van der Waals surface area contributed by atoms with Crippen molar-refractivity contribution in [2.24, 2.45) is 0 Å². The largest absolute Gasteiger partial charge is 0.462 e. The van der Waals surface area contributed by atoms with Crippen LogP contribution in [0.4, 0.5) is 0 Å². The molecule has 0 saturated carbocycles. The molecular formula is C49H94O6. The molecule has 0 spiro atoms. The minimum Gasteiger partial charge on any atom is -0.462 e. The maximum atomic E-state index is 12.7. The Morgan fingerprint density at radius 2 is 0.491 bits per heavy atom. The number of ether oxygens (including phenoxy) is 3. The molecule has 0 saturated heterocycles. The topological polar surface area (TPSA) is 78.9 Å². The van der Waals surface area contributed by atoms with Crippen LogP contribution in [-0.4, -0.2) is 37.2 Å². The molecule has 0 amide bonds. The molecule has 326 valence electrons. The summed E-state index contributed by atoms with van der Waals surface area (Å²) in [6, 6.07) is 0. The van der Waals surface area contributed by atoms with Gasteiger partial charge in [-0.25, -0.2) is 0 Å². The van der Waals surface area contributed by atoms with Crippen molar-refractivity contribution in [2.45, 2.75) is 284 Å². The molecule has 0 N–H and O–H groups in total. The molecule has 0 aliphatic carbocycles. The van der Waals surface area contributed by atoms with Gasteiger partial charge in [0.15, 0.2) is 6.10 Å². The van der Waals surface area contributed by atoms with Crippen molar-refractivity contribution in [1.29, 1.82) is 0 Å². The van der Waals surface area contributed by atoms with E-state index in [0.717, 1.165) is 57.8 Å². The zero-order valence-corrected chi connectivity index (χ0v) is 37.2. The van der Waals surface area contributed by atoms with Crippen LogP contribution in [0, 0.1) is 0 Å². The van der Waals surface area contributed by atoms with Crippen LogP contribution in [0.1, 0.15) is 278 Å². The molecule has 0 radical (unpaired) electrons. The van der Waals surface area contributed by atoms with E-state index in [-0.39, 0.29) is 31.1 Å². The van der Waals surface area contributed by atoms with Crippen molar-refractivity contribution in [2.75, 3.05) is 13.2 Å². The predicted molar refractivity (Wildman–Crippen MR) is 233 cm³/mol. The lowest BCUT2D eigenvalue weighted by Gasteiger charge is -2.18. The first-order valence-electron chi connectivity index (χ1n) is 24.5. The first kappa shape index (κ1) is 53.4. The number of carbonyl (C=O) groups is 3. The normalized spacial score (nSPS) is 11.8. The predicted octanol–water partition coefficient (Wildman–Crippen LogP) is 15.6. The smallest absolute Gasteiger partial charge is 0.306 e. The zero-order chi connectivity index (χ0) is 40.1. The van der Waals surface area contributed by atoms with Gasteiger partial charge in [0, 0.05) is 19.3 Å². The number of unbranched alkanes of at least 4 members (excludes halogenated alkanes) is 34. The second kappa shape index (κ2) is 45.1. The Hall–Kier alpha value is -1.59. The second-order valence-corrected chi connectivity index (χ2v) is 16.7. The molecule has 0 aromatic carbocycles. The quantitative estimate of drug-likeness (QED) is 0.0348. The lowest BCUT2D eigenvalue weighted by Crippen LogP contribution is -2.30. The molecule has 6 nitrogen and oxygen atoms in total. The molecule has 0 rings (SSSR count). The summed E-state index contributed by atoms with van der Waals surface area (Å²) >= 11 is 0. The Labute approximate surface area is 342 Å². The van der Waals surface area contributed by atoms with Crippen molar-refractivity contribution in [1.82, 2.24) is 0 Å². The van der Waals surface area contributed by atoms with Crippen LogP contribution in [0.3, 0.4) is 0 Å². The van der Waals surface area contributed by atoms with Crippen molar-refractivity contribution in [3.05, 3.63) is 0 Å². The number of esters is 3. The van der Waals surface area contributed by atoms with Crippen LogP contribution < -0.4 is 0 Å². The van der Waals surface area contributed by atoms with E-state index in [1.54, 1.807) is 0 Å². The van der Waals surface area contributed by atoms with Gasteiger partial charge in [0.05, 0.1) is 0 Å². The monoisotopic (exact) mass is 779 g/mol. The fourth-order valence-corrected chi connectivity index (χ4v) is 7.38. The Bertz CT molecular complexity index is 813. The maximum absolute atomic E-state index is 12.7. The minimum atomic E-state index is -0.758. The SMILES string of the molecule is CCCCCCCCCCCCCCCCCCC(=O)O[C@@H](COC(=O)CCCCCCCCC)COC(=O)CCCCCCCCCCCCCCCC. The molecule has 0 fully saturated rings. The van der Waals surface area contributed by atoms with Crippen LogP contribution in [0.15, 0.2) is 0 Å². The van der Waals surface area contributed by atoms with Gasteiger partial charge in [0.1, 0.15) is 13.2 Å². The highest BCUT2D eigenvalue weighted by atomic mass is 16.6. The van der Waals surface area contributed by atoms with Gasteiger partial charge in [-0.2, -0.15) is 0 Å². The molecule has 0 aliphatic heterocycles. The number of rotatable bonds is 45. The number of hydrogen-bond acceptors (Lipinski definition) is 6. The molecule has 55 heavy (non-hydrogen) atoms. The first-order chi connectivity index (χ1) is 27.0. The molecule has 1 atom stereocenters. The third kappa shape index (κ3) is 43.4. The van der Waals surface area contributed by atoms with Crippen LogP contribution in [0.2, 0.25) is 0 Å². The molecular weight excluding hydrogens is 685 g/mol. The van der Waals surface area contributed by atoms with E-state index in [9.17, 15) is 14.4 Å². The summed E-state index contributed by atoms with van der Waals surface area (Å²) in [5.74, 6) is -0.852. The fourth-order valence-electron chi connectivity index (χ4n) is 7.38. The fraction of sp³-hybridized carbons (Fsp3) is 0.939. The third-order valence-electron chi connectivity index (χ3n) is 11.1. The summed E-state index contributed by atoms with van der Waals surface area (Å²) in [5.41, 5.74) is 0. The second-order valence-electron chi connectivity index (χ2n) is 16.7. The van der Waals surface area contributed by atoms with Crippen LogP contribution in [0.5, 0.6) is 0 Å². The standard InChI is InChI=1S/C49H94O6/c1-4-7-10-13-16-18-20-22-24-25-27-29-31-34-37-40-43-49(52)55-46(44-53-47(50)41-38-35-32-15-12-9-6-3)45-54-48(51)42-39-36-33-30-28-26-23-21-19-17-14-11-8-5-2/h46H,4-45H2,1-3H3/t46-/m0/s1. The van der Waals surface area contributed by atoms with Gasteiger partial charge in [-0.1, -0.05) is 239 Å². The summed E-state index contributed by atoms with van der Waals surface area (Å²) in [6.07, 6.45) is 46.7. The number of hydrogen-bond donors (Lipinski definition) is 0. The lowest BCUT2D eigenvalue weighted by molar-refractivity contribution is -0.167. The van der Waals surface area contributed by atoms with E-state index in [0.29, 0.717) is 19.3 Å². The van der Waals surface area contributed by atoms with Gasteiger partial charge in [-0.05, 0) is 19.3 Å². The van der Waals surface area contributed by atoms with Crippen molar-refractivity contribution in [3.8, 4) is 0 Å². The highest BCUT2D eigenvalue weighted by Crippen LogP contribution is 2.16. The molecule has 6 heteroatoms. The maximum Gasteiger partial charge on any atom is 0.306 e. The van der Waals surface area contributed by atoms with Gasteiger partial charge in [0.2, 0.25) is 0 Å². The lowest BCUT2D eigenvalue weighted by atomic mass is 10.0. The Morgan fingerprint density at radius 3 is 0.727 bits per heavy atom. The third-order valence-corrected chi connectivity index (χ3v) is 11.1. The highest BCUT2D eigenvalue weighted by molar-refractivity contribution is 5.71. The first-order valence-corrected chi connectivity index (χ1v) is 24.5. The molecule has 0 aliphatic rings. The van der Waals surface area contributed by atoms with Crippen LogP contribution in [-0.2, 0) is 28.6 Å². The van der Waals surface area contributed by atoms with E-state index < -0.39 is 6.10 Å². The minimum absolute atomic E-state index is 0.0627. The van der Waals surface area contributed by atoms with Crippen LogP contribution >= 0.6 is 0 Å². The summed E-state index contributed by atoms with van der Waals surface area (Å²) < 4.78 is 16.7. The molecule has 0 bridgehead atoms. The summed E-state index contributed by atoms with van der Waals surface area (Å²) in [6.45, 7) is 6.63. The molecule has 0 aromatic heterocycles. The average molecular weight is 779 g/mol.